The van der Waals surface area contributed by atoms with E-state index in [4.69, 9.17) is 4.74 Å². The van der Waals surface area contributed by atoms with E-state index in [-0.39, 0.29) is 40.5 Å². The normalized spacial score (nSPS) is 18.7. The van der Waals surface area contributed by atoms with E-state index in [1.54, 1.807) is 18.4 Å². The molecule has 11 rings (SSSR count). The molecule has 1 atom stereocenters. The molecule has 0 bridgehead atoms. The number of ether oxygens (including phenoxy) is 1. The van der Waals surface area contributed by atoms with Gasteiger partial charge in [0.1, 0.15) is 18.2 Å². The Labute approximate surface area is 414 Å². The minimum Gasteiger partial charge on any atom is -0.392 e. The zero-order valence-corrected chi connectivity index (χ0v) is 41.3. The van der Waals surface area contributed by atoms with Gasteiger partial charge in [-0.1, -0.05) is 164 Å². The summed E-state index contributed by atoms with van der Waals surface area (Å²) in [5, 5.41) is 0. The predicted molar refractivity (Wildman–Crippen MR) is 278 cm³/mol. The molecule has 1 spiro atoms. The molecule has 4 nitrogen and oxygen atoms in total. The average Bonchev–Trinajstić information content (AvgIpc) is 3.23. The summed E-state index contributed by atoms with van der Waals surface area (Å²) in [4.78, 5) is 0. The van der Waals surface area contributed by atoms with Gasteiger partial charge >= 0.3 is 11.7 Å². The first-order valence-electron chi connectivity index (χ1n) is 29.0. The lowest BCUT2D eigenvalue weighted by atomic mass is 9.80. The first kappa shape index (κ1) is 32.4. The third-order valence-corrected chi connectivity index (χ3v) is 14.0. The molecular formula is C63H67N3O+2. The Morgan fingerprint density at radius 1 is 0.597 bits per heavy atom. The van der Waals surface area contributed by atoms with Crippen molar-refractivity contribution < 1.29 is 28.9 Å². The molecular weight excluding hydrogens is 815 g/mol. The van der Waals surface area contributed by atoms with E-state index in [0.717, 1.165) is 55.7 Å². The summed E-state index contributed by atoms with van der Waals surface area (Å²) in [7, 11) is 0. The SMILES string of the molecule is [2H]c1c([2H])c(C(C)(C)C)c([2H])c([2H])c1-c1c([2H])c([2H])[n+]2c(c1[2H])-c1cc(C(C)(C)C)cc3c1C21Oc2c(cc(C([2H])(C)C)cc2C([2H])(C)C)-c2n(-c4ccc(-c5c(C([2H])(C)C)cccc5C([2H])(C)C)cc4)c4cccc-3c4[n+]21. The smallest absolute Gasteiger partial charge is 0.392 e. The zero-order valence-electron chi connectivity index (χ0n) is 52.3. The second-order valence-electron chi connectivity index (χ2n) is 21.7. The van der Waals surface area contributed by atoms with E-state index in [1.165, 1.54) is 0 Å². The number of imidazole rings is 1. The molecule has 8 aromatic rings. The van der Waals surface area contributed by atoms with Crippen LogP contribution < -0.4 is 13.9 Å². The molecule has 0 saturated heterocycles. The van der Waals surface area contributed by atoms with Crippen LogP contribution in [0.3, 0.4) is 0 Å². The lowest BCUT2D eigenvalue weighted by Crippen LogP contribution is -2.78. The fourth-order valence-corrected chi connectivity index (χ4v) is 10.5. The Morgan fingerprint density at radius 3 is 1.84 bits per heavy atom. The van der Waals surface area contributed by atoms with Crippen molar-refractivity contribution in [2.75, 3.05) is 0 Å². The molecule has 6 aromatic carbocycles. The molecule has 5 heterocycles. The predicted octanol–water partition coefficient (Wildman–Crippen LogP) is 15.9. The van der Waals surface area contributed by atoms with Gasteiger partial charge in [-0.05, 0) is 133 Å². The first-order chi connectivity index (χ1) is 35.9. The van der Waals surface area contributed by atoms with Crippen LogP contribution in [-0.4, -0.2) is 4.57 Å². The molecule has 67 heavy (non-hydrogen) atoms. The fourth-order valence-electron chi connectivity index (χ4n) is 10.5. The van der Waals surface area contributed by atoms with Crippen LogP contribution in [0.1, 0.15) is 175 Å². The van der Waals surface area contributed by atoms with Crippen molar-refractivity contribution in [3.63, 3.8) is 0 Å². The van der Waals surface area contributed by atoms with Crippen molar-refractivity contribution in [3.05, 3.63) is 166 Å². The molecule has 4 heteroatoms. The van der Waals surface area contributed by atoms with Gasteiger partial charge in [-0.25, -0.2) is 0 Å². The Morgan fingerprint density at radius 2 is 1.22 bits per heavy atom. The number of hydrogen-bond acceptors (Lipinski definition) is 1. The van der Waals surface area contributed by atoms with Crippen LogP contribution >= 0.6 is 0 Å². The minimum absolute atomic E-state index is 0.196. The number of pyridine rings is 1. The van der Waals surface area contributed by atoms with Gasteiger partial charge in [0.05, 0.1) is 13.8 Å². The molecule has 2 aromatic heterocycles. The minimum atomic E-state index is -1.88. The maximum Gasteiger partial charge on any atom is 0.499 e. The lowest BCUT2D eigenvalue weighted by Gasteiger charge is -2.34. The molecule has 0 radical (unpaired) electrons. The molecule has 0 amide bonds. The van der Waals surface area contributed by atoms with Crippen LogP contribution in [0.4, 0.5) is 0 Å². The highest BCUT2D eigenvalue weighted by Crippen LogP contribution is 2.56. The van der Waals surface area contributed by atoms with E-state index >= 15 is 0 Å². The molecule has 0 fully saturated rings. The van der Waals surface area contributed by atoms with Gasteiger partial charge in [-0.3, -0.25) is 0 Å². The molecule has 3 aliphatic heterocycles. The van der Waals surface area contributed by atoms with Crippen LogP contribution in [0.2, 0.25) is 0 Å². The van der Waals surface area contributed by atoms with Gasteiger partial charge in [0.15, 0.2) is 23.0 Å². The number of aromatic nitrogens is 3. The topological polar surface area (TPSA) is 21.9 Å². The summed E-state index contributed by atoms with van der Waals surface area (Å²) < 4.78 is 120. The Hall–Kier alpha value is -6.26. The number of nitrogens with zero attached hydrogens (tertiary/aromatic N) is 3. The van der Waals surface area contributed by atoms with Crippen LogP contribution in [0, 0.1) is 0 Å². The van der Waals surface area contributed by atoms with Gasteiger partial charge in [0.25, 0.3) is 0 Å². The van der Waals surface area contributed by atoms with E-state index < -0.39 is 64.6 Å². The monoisotopic (exact) mass is 893 g/mol. The maximum atomic E-state index is 10.4. The third-order valence-electron chi connectivity index (χ3n) is 14.0. The fraction of sp³-hybridized carbons (Fsp3) is 0.333. The Bertz CT molecular complexity index is 3900. The molecule has 0 N–H and O–H groups in total. The summed E-state index contributed by atoms with van der Waals surface area (Å²) in [6.45, 7) is 26.4. The second-order valence-corrected chi connectivity index (χ2v) is 21.7. The standard InChI is InChI=1S/C63H67N3O/c1-36(2)43-31-50(39(7)8)59-53(32-43)60-65(46-27-23-41(24-28-46)56-47(37(3)4)17-15-18-48(56)38(5)6)54-20-16-19-49-51-34-45(62(12,13)14)35-52-55-33-42(40-21-25-44(26-22-40)61(9,10)11)29-30-64(55)63(67-59,57(51)52)66(60)58(49)54/h15-39H,1-14H3/q+2/i21D,22D,25D,26D,29D,30D,33D,36D,37D,38D,39D. The highest BCUT2D eigenvalue weighted by molar-refractivity contribution is 5.98. The van der Waals surface area contributed by atoms with Gasteiger partial charge in [-0.15, -0.1) is 9.13 Å². The van der Waals surface area contributed by atoms with E-state index in [1.807, 2.05) is 135 Å². The summed E-state index contributed by atoms with van der Waals surface area (Å²) >= 11 is 0. The summed E-state index contributed by atoms with van der Waals surface area (Å²) in [5.41, 5.74) is 9.66. The van der Waals surface area contributed by atoms with Gasteiger partial charge in [-0.2, -0.15) is 4.57 Å². The quantitative estimate of drug-likeness (QED) is 0.146. The molecule has 3 aliphatic rings. The van der Waals surface area contributed by atoms with Crippen molar-refractivity contribution in [1.29, 1.82) is 0 Å². The summed E-state index contributed by atoms with van der Waals surface area (Å²) in [5.74, 6) is -5.37. The number of para-hydroxylation sites is 1. The van der Waals surface area contributed by atoms with Gasteiger partial charge < -0.3 is 4.74 Å². The van der Waals surface area contributed by atoms with Crippen molar-refractivity contribution in [3.8, 4) is 67.5 Å². The van der Waals surface area contributed by atoms with E-state index in [9.17, 15) is 15.1 Å². The van der Waals surface area contributed by atoms with Crippen molar-refractivity contribution >= 4 is 11.0 Å². The van der Waals surface area contributed by atoms with Crippen LogP contribution in [-0.2, 0) is 16.7 Å². The summed E-state index contributed by atoms with van der Waals surface area (Å²) in [6, 6.07) is 26.0. The molecule has 0 saturated carbocycles. The maximum absolute atomic E-state index is 10.4. The summed E-state index contributed by atoms with van der Waals surface area (Å²) in [6.07, 6.45) is -0.390. The number of hydrogen-bond donors (Lipinski definition) is 0. The Kier molecular flexibility index (Phi) is 7.20. The van der Waals surface area contributed by atoms with Crippen molar-refractivity contribution in [1.82, 2.24) is 4.57 Å². The number of fused-ring (bicyclic) bond motifs is 5. The largest absolute Gasteiger partial charge is 0.499 e. The second kappa shape index (κ2) is 14.9. The lowest BCUT2D eigenvalue weighted by molar-refractivity contribution is -0.997. The highest BCUT2D eigenvalue weighted by Gasteiger charge is 2.69. The van der Waals surface area contributed by atoms with Gasteiger partial charge in [0, 0.05) is 28.7 Å². The van der Waals surface area contributed by atoms with E-state index in [2.05, 4.69) is 42.0 Å². The number of rotatable bonds is 7. The van der Waals surface area contributed by atoms with E-state index in [0.29, 0.717) is 39.4 Å². The van der Waals surface area contributed by atoms with Crippen LogP contribution in [0.25, 0.3) is 72.7 Å². The van der Waals surface area contributed by atoms with Crippen LogP contribution in [0.15, 0.2) is 127 Å². The van der Waals surface area contributed by atoms with Crippen molar-refractivity contribution in [2.24, 2.45) is 0 Å². The van der Waals surface area contributed by atoms with Gasteiger partial charge in [0.2, 0.25) is 5.69 Å². The molecule has 1 unspecified atom stereocenters. The molecule has 338 valence electrons. The molecule has 0 aliphatic carbocycles. The number of benzene rings is 6. The average molecular weight is 893 g/mol. The third kappa shape index (κ3) is 6.30. The first-order valence-corrected chi connectivity index (χ1v) is 23.5. The van der Waals surface area contributed by atoms with Crippen LogP contribution in [0.5, 0.6) is 5.75 Å². The van der Waals surface area contributed by atoms with Crippen molar-refractivity contribution in [2.45, 2.75) is 137 Å². The zero-order chi connectivity index (χ0) is 57.0. The highest BCUT2D eigenvalue weighted by atomic mass is 16.5. The Balaban J connectivity index is 1.33.